The van der Waals surface area contributed by atoms with Crippen LogP contribution in [0.25, 0.3) is 0 Å². The third kappa shape index (κ3) is 7.16. The quantitative estimate of drug-likeness (QED) is 0.468. The van der Waals surface area contributed by atoms with Crippen LogP contribution in [0.5, 0.6) is 0 Å². The predicted molar refractivity (Wildman–Crippen MR) is 137 cm³/mol. The summed E-state index contributed by atoms with van der Waals surface area (Å²) in [5.41, 5.74) is 1.40. The van der Waals surface area contributed by atoms with Gasteiger partial charge in [0, 0.05) is 36.8 Å². The van der Waals surface area contributed by atoms with Crippen LogP contribution in [0.3, 0.4) is 0 Å². The van der Waals surface area contributed by atoms with Gasteiger partial charge in [-0.1, -0.05) is 12.1 Å². The molecule has 37 heavy (non-hydrogen) atoms. The van der Waals surface area contributed by atoms with Gasteiger partial charge in [-0.2, -0.15) is 0 Å². The summed E-state index contributed by atoms with van der Waals surface area (Å²) in [6, 6.07) is 11.1. The van der Waals surface area contributed by atoms with Gasteiger partial charge in [0.15, 0.2) is 0 Å². The topological polar surface area (TPSA) is 134 Å². The molecular weight excluding hydrogens is 476 g/mol. The van der Waals surface area contributed by atoms with E-state index in [-0.39, 0.29) is 54.1 Å². The minimum absolute atomic E-state index is 0.0868. The number of ether oxygens (including phenoxy) is 1. The molecule has 3 rings (SSSR count). The van der Waals surface area contributed by atoms with Crippen LogP contribution < -0.4 is 16.0 Å². The molecule has 0 aliphatic carbocycles. The van der Waals surface area contributed by atoms with Crippen molar-refractivity contribution in [1.29, 1.82) is 0 Å². The fourth-order valence-electron chi connectivity index (χ4n) is 3.71. The van der Waals surface area contributed by atoms with E-state index < -0.39 is 23.5 Å². The minimum Gasteiger partial charge on any atom is -0.444 e. The first kappa shape index (κ1) is 27.4. The second-order valence-corrected chi connectivity index (χ2v) is 9.94. The molecule has 10 heteroatoms. The van der Waals surface area contributed by atoms with Gasteiger partial charge in [-0.15, -0.1) is 0 Å². The molecular formula is C27H32N4O6. The maximum atomic E-state index is 12.8. The number of rotatable bonds is 8. The Hall–Kier alpha value is -4.21. The van der Waals surface area contributed by atoms with Crippen LogP contribution in [0.1, 0.15) is 77.7 Å². The number of hydrogen-bond acceptors (Lipinski definition) is 6. The van der Waals surface area contributed by atoms with Crippen LogP contribution in [0.15, 0.2) is 42.5 Å². The average molecular weight is 509 g/mol. The number of benzene rings is 2. The van der Waals surface area contributed by atoms with E-state index in [1.807, 2.05) is 0 Å². The van der Waals surface area contributed by atoms with Crippen LogP contribution in [0.4, 0.5) is 10.5 Å². The lowest BCUT2D eigenvalue weighted by atomic mass is 10.1. The van der Waals surface area contributed by atoms with Crippen molar-refractivity contribution in [1.82, 2.24) is 15.5 Å². The lowest BCUT2D eigenvalue weighted by Gasteiger charge is -2.19. The summed E-state index contributed by atoms with van der Waals surface area (Å²) in [5.74, 6) is -1.46. The molecule has 1 aliphatic heterocycles. The molecule has 0 saturated heterocycles. The summed E-state index contributed by atoms with van der Waals surface area (Å²) < 4.78 is 5.12. The summed E-state index contributed by atoms with van der Waals surface area (Å²) in [5, 5.41) is 8.08. The highest BCUT2D eigenvalue weighted by atomic mass is 16.6. The van der Waals surface area contributed by atoms with E-state index in [0.29, 0.717) is 5.69 Å². The average Bonchev–Trinajstić information content (AvgIpc) is 3.06. The second kappa shape index (κ2) is 11.2. The van der Waals surface area contributed by atoms with Gasteiger partial charge in [0.1, 0.15) is 5.60 Å². The number of nitrogens with zero attached hydrogens (tertiary/aromatic N) is 1. The van der Waals surface area contributed by atoms with Gasteiger partial charge in [0.25, 0.3) is 17.7 Å². The summed E-state index contributed by atoms with van der Waals surface area (Å²) in [6.45, 7) is 9.15. The molecule has 0 unspecified atom stereocenters. The summed E-state index contributed by atoms with van der Waals surface area (Å²) in [7, 11) is 0. The highest BCUT2D eigenvalue weighted by Gasteiger charge is 2.37. The first-order valence-corrected chi connectivity index (χ1v) is 12.0. The van der Waals surface area contributed by atoms with Crippen molar-refractivity contribution in [3.05, 3.63) is 64.7 Å². The Balaban J connectivity index is 1.54. The number of carbonyl (C=O) groups is 5. The summed E-state index contributed by atoms with van der Waals surface area (Å²) in [4.78, 5) is 62.8. The number of fused-ring (bicyclic) bond motifs is 1. The van der Waals surface area contributed by atoms with E-state index in [1.165, 1.54) is 23.1 Å². The number of alkyl carbamates (subject to hydrolysis) is 1. The van der Waals surface area contributed by atoms with Crippen molar-refractivity contribution in [2.45, 2.75) is 59.2 Å². The van der Waals surface area contributed by atoms with Crippen molar-refractivity contribution in [2.75, 3.05) is 11.9 Å². The molecule has 5 amide bonds. The van der Waals surface area contributed by atoms with E-state index in [1.54, 1.807) is 58.9 Å². The highest BCUT2D eigenvalue weighted by molar-refractivity contribution is 6.22. The number of amides is 5. The van der Waals surface area contributed by atoms with Crippen molar-refractivity contribution in [3.63, 3.8) is 0 Å². The van der Waals surface area contributed by atoms with Crippen LogP contribution in [0, 0.1) is 0 Å². The molecule has 0 saturated carbocycles. The van der Waals surface area contributed by atoms with Crippen molar-refractivity contribution in [3.8, 4) is 0 Å². The molecule has 10 nitrogen and oxygen atoms in total. The number of anilines is 1. The third-order valence-electron chi connectivity index (χ3n) is 5.39. The standard InChI is InChI=1S/C27H32N4O6/c1-16(2)31-24(34)20-10-9-18(14-21(20)25(31)35)23(33)30-19-8-6-7-17(13-19)15-29-22(32)11-12-28-26(36)37-27(3,4)5/h6-10,13-14,16H,11-12,15H2,1-5H3,(H,28,36)(H,29,32)(H,30,33). The fraction of sp³-hybridized carbons (Fsp3) is 0.370. The van der Waals surface area contributed by atoms with Crippen LogP contribution >= 0.6 is 0 Å². The molecule has 1 aliphatic rings. The van der Waals surface area contributed by atoms with Gasteiger partial charge in [0.05, 0.1) is 11.1 Å². The zero-order valence-corrected chi connectivity index (χ0v) is 21.6. The van der Waals surface area contributed by atoms with Crippen molar-refractivity contribution < 1.29 is 28.7 Å². The largest absolute Gasteiger partial charge is 0.444 e. The Morgan fingerprint density at radius 2 is 1.65 bits per heavy atom. The Labute approximate surface area is 215 Å². The Morgan fingerprint density at radius 1 is 0.946 bits per heavy atom. The smallest absolute Gasteiger partial charge is 0.407 e. The zero-order chi connectivity index (χ0) is 27.3. The number of nitrogens with one attached hydrogen (secondary N) is 3. The molecule has 0 aromatic heterocycles. The van der Waals surface area contributed by atoms with Crippen molar-refractivity contribution >= 4 is 35.4 Å². The molecule has 0 bridgehead atoms. The lowest BCUT2D eigenvalue weighted by Crippen LogP contribution is -2.35. The van der Waals surface area contributed by atoms with E-state index in [9.17, 15) is 24.0 Å². The van der Waals surface area contributed by atoms with Gasteiger partial charge in [0.2, 0.25) is 5.91 Å². The number of hydrogen-bond donors (Lipinski definition) is 3. The highest BCUT2D eigenvalue weighted by Crippen LogP contribution is 2.26. The van der Waals surface area contributed by atoms with E-state index in [2.05, 4.69) is 16.0 Å². The molecule has 3 N–H and O–H groups in total. The lowest BCUT2D eigenvalue weighted by molar-refractivity contribution is -0.121. The molecule has 1 heterocycles. The normalized spacial score (nSPS) is 12.9. The maximum absolute atomic E-state index is 12.8. The SMILES string of the molecule is CC(C)N1C(=O)c2ccc(C(=O)Nc3cccc(CNC(=O)CCNC(=O)OC(C)(C)C)c3)cc2C1=O. The van der Waals surface area contributed by atoms with E-state index in [4.69, 9.17) is 4.74 Å². The molecule has 0 radical (unpaired) electrons. The predicted octanol–water partition coefficient (Wildman–Crippen LogP) is 3.47. The van der Waals surface area contributed by atoms with Crippen LogP contribution in [0.2, 0.25) is 0 Å². The monoisotopic (exact) mass is 508 g/mol. The Kier molecular flexibility index (Phi) is 8.31. The van der Waals surface area contributed by atoms with E-state index >= 15 is 0 Å². The Bertz CT molecular complexity index is 1230. The van der Waals surface area contributed by atoms with Gasteiger partial charge in [-0.3, -0.25) is 24.1 Å². The molecule has 0 atom stereocenters. The summed E-state index contributed by atoms with van der Waals surface area (Å²) in [6.07, 6.45) is -0.496. The maximum Gasteiger partial charge on any atom is 0.407 e. The van der Waals surface area contributed by atoms with Crippen molar-refractivity contribution in [2.24, 2.45) is 0 Å². The van der Waals surface area contributed by atoms with Crippen LogP contribution in [-0.4, -0.2) is 52.8 Å². The minimum atomic E-state index is -0.612. The third-order valence-corrected chi connectivity index (χ3v) is 5.39. The first-order chi connectivity index (χ1) is 17.4. The Morgan fingerprint density at radius 3 is 2.32 bits per heavy atom. The van der Waals surface area contributed by atoms with Gasteiger partial charge >= 0.3 is 6.09 Å². The molecule has 0 fully saturated rings. The first-order valence-electron chi connectivity index (χ1n) is 12.0. The second-order valence-electron chi connectivity index (χ2n) is 9.94. The van der Waals surface area contributed by atoms with E-state index in [0.717, 1.165) is 5.56 Å². The molecule has 2 aromatic carbocycles. The fourth-order valence-corrected chi connectivity index (χ4v) is 3.71. The van der Waals surface area contributed by atoms with Gasteiger partial charge < -0.3 is 20.7 Å². The van der Waals surface area contributed by atoms with Gasteiger partial charge in [-0.05, 0) is 70.5 Å². The van der Waals surface area contributed by atoms with Gasteiger partial charge in [-0.25, -0.2) is 4.79 Å². The molecule has 2 aromatic rings. The number of imide groups is 1. The molecule has 196 valence electrons. The molecule has 0 spiro atoms. The zero-order valence-electron chi connectivity index (χ0n) is 21.6. The summed E-state index contributed by atoms with van der Waals surface area (Å²) >= 11 is 0. The number of carbonyl (C=O) groups excluding carboxylic acids is 5. The van der Waals surface area contributed by atoms with Crippen LogP contribution in [-0.2, 0) is 16.1 Å².